The van der Waals surface area contributed by atoms with Crippen molar-refractivity contribution in [3.8, 4) is 0 Å². The third kappa shape index (κ3) is 6.71. The Hall–Kier alpha value is -5.67. The van der Waals surface area contributed by atoms with Crippen molar-refractivity contribution in [3.05, 3.63) is 100 Å². The van der Waals surface area contributed by atoms with E-state index < -0.39 is 29.7 Å². The summed E-state index contributed by atoms with van der Waals surface area (Å²) >= 11 is 6.38. The van der Waals surface area contributed by atoms with Crippen LogP contribution in [-0.2, 0) is 16.1 Å². The quantitative estimate of drug-likeness (QED) is 0.171. The van der Waals surface area contributed by atoms with Crippen LogP contribution in [0.3, 0.4) is 0 Å². The number of benzene rings is 3. The molecule has 5 aliphatic heterocycles. The lowest BCUT2D eigenvalue weighted by Gasteiger charge is -2.40. The molecular formula is C44H44ClN7O5. The molecule has 12 nitrogen and oxygen atoms in total. The number of hydrogen-bond donors (Lipinski definition) is 1. The Kier molecular flexibility index (Phi) is 9.31. The van der Waals surface area contributed by atoms with Gasteiger partial charge in [-0.05, 0) is 105 Å². The van der Waals surface area contributed by atoms with Crippen molar-refractivity contribution in [1.82, 2.24) is 19.7 Å². The largest absolute Gasteiger partial charge is 0.371 e. The van der Waals surface area contributed by atoms with E-state index in [9.17, 15) is 24.0 Å². The zero-order valence-electron chi connectivity index (χ0n) is 31.9. The Morgan fingerprint density at radius 3 is 2.14 bits per heavy atom. The maximum atomic E-state index is 13.6. The summed E-state index contributed by atoms with van der Waals surface area (Å²) < 4.78 is 2.10. The maximum absolute atomic E-state index is 13.6. The van der Waals surface area contributed by atoms with E-state index in [1.165, 1.54) is 0 Å². The first-order valence-corrected chi connectivity index (χ1v) is 20.3. The Bertz CT molecular complexity index is 2310. The van der Waals surface area contributed by atoms with E-state index in [-0.39, 0.29) is 35.3 Å². The standard InChI is InChI=1S/C44H44ClN7O5/c1-27-22-44(26-51(27)33-7-8-37(46-2)36(45)21-33)13-17-49(18-14-44)32-5-3-29(4-6-32)41(55)50-15-11-28(12-16-50)23-48-24-30-19-34-35(20-31(30)25-48)43(57)52(42(34)56)38-9-10-39(53)47-40(38)54/h3-8,19-21,24-25,27-28,38H,9-18,22-23,26H2,1H3,(H,47,53,54)/t27-,38?/m0/s1. The van der Waals surface area contributed by atoms with Crippen LogP contribution in [0.5, 0.6) is 0 Å². The van der Waals surface area contributed by atoms with E-state index in [0.717, 1.165) is 85.3 Å². The van der Waals surface area contributed by atoms with Gasteiger partial charge in [-0.2, -0.15) is 0 Å². The Morgan fingerprint density at radius 1 is 0.877 bits per heavy atom. The van der Waals surface area contributed by atoms with Gasteiger partial charge in [0.15, 0.2) is 0 Å². The summed E-state index contributed by atoms with van der Waals surface area (Å²) in [6, 6.07) is 16.7. The molecule has 2 atom stereocenters. The number of nitrogens with zero attached hydrogens (tertiary/aromatic N) is 6. The molecule has 5 amide bonds. The molecule has 1 unspecified atom stereocenters. The van der Waals surface area contributed by atoms with Gasteiger partial charge >= 0.3 is 0 Å². The van der Waals surface area contributed by atoms with Gasteiger partial charge in [-0.1, -0.05) is 17.7 Å². The van der Waals surface area contributed by atoms with Crippen LogP contribution in [0, 0.1) is 17.9 Å². The Morgan fingerprint density at radius 2 is 1.53 bits per heavy atom. The molecule has 0 bridgehead atoms. The first-order chi connectivity index (χ1) is 27.5. The molecule has 292 valence electrons. The number of amides is 5. The molecule has 1 aromatic heterocycles. The molecule has 57 heavy (non-hydrogen) atoms. The number of carbonyl (C=O) groups excluding carboxylic acids is 5. The van der Waals surface area contributed by atoms with Crippen molar-refractivity contribution in [3.63, 3.8) is 0 Å². The van der Waals surface area contributed by atoms with Crippen LogP contribution in [-0.4, -0.2) is 88.7 Å². The molecule has 1 N–H and O–H groups in total. The summed E-state index contributed by atoms with van der Waals surface area (Å²) in [5.74, 6) is -1.60. The normalized spacial score (nSPS) is 22.4. The number of rotatable bonds is 6. The number of imide groups is 2. The number of halogens is 1. The Balaban J connectivity index is 0.768. The molecule has 4 saturated heterocycles. The molecule has 4 fully saturated rings. The van der Waals surface area contributed by atoms with E-state index in [4.69, 9.17) is 18.2 Å². The predicted molar refractivity (Wildman–Crippen MR) is 217 cm³/mol. The van der Waals surface area contributed by atoms with Gasteiger partial charge in [-0.3, -0.25) is 34.2 Å². The fourth-order valence-electron chi connectivity index (χ4n) is 9.92. The fraction of sp³-hybridized carbons (Fsp3) is 0.409. The average Bonchev–Trinajstić information content (AvgIpc) is 3.84. The fourth-order valence-corrected chi connectivity index (χ4v) is 10.1. The van der Waals surface area contributed by atoms with Crippen LogP contribution in [0.2, 0.25) is 5.02 Å². The second kappa shape index (κ2) is 14.4. The first kappa shape index (κ1) is 36.9. The minimum absolute atomic E-state index is 0.0593. The van der Waals surface area contributed by atoms with E-state index >= 15 is 0 Å². The van der Waals surface area contributed by atoms with Gasteiger partial charge in [-0.15, -0.1) is 0 Å². The Labute approximate surface area is 336 Å². The number of fused-ring (bicyclic) bond motifs is 2. The molecule has 6 heterocycles. The van der Waals surface area contributed by atoms with E-state index in [1.54, 1.807) is 12.1 Å². The van der Waals surface area contributed by atoms with Gasteiger partial charge in [0, 0.05) is 96.9 Å². The van der Waals surface area contributed by atoms with Gasteiger partial charge in [0.05, 0.1) is 17.7 Å². The monoisotopic (exact) mass is 785 g/mol. The highest BCUT2D eigenvalue weighted by Crippen LogP contribution is 2.46. The van der Waals surface area contributed by atoms with E-state index in [2.05, 4.69) is 43.6 Å². The lowest BCUT2D eigenvalue weighted by Crippen LogP contribution is -2.54. The summed E-state index contributed by atoms with van der Waals surface area (Å²) in [7, 11) is 0. The van der Waals surface area contributed by atoms with Crippen LogP contribution < -0.4 is 15.1 Å². The summed E-state index contributed by atoms with van der Waals surface area (Å²) in [4.78, 5) is 75.5. The van der Waals surface area contributed by atoms with Crippen LogP contribution in [0.4, 0.5) is 17.1 Å². The van der Waals surface area contributed by atoms with Crippen molar-refractivity contribution < 1.29 is 24.0 Å². The zero-order valence-corrected chi connectivity index (χ0v) is 32.6. The molecule has 9 rings (SSSR count). The van der Waals surface area contributed by atoms with Crippen LogP contribution >= 0.6 is 11.6 Å². The number of likely N-dealkylation sites (tertiary alicyclic amines) is 1. The van der Waals surface area contributed by atoms with E-state index in [0.29, 0.717) is 41.3 Å². The van der Waals surface area contributed by atoms with Crippen molar-refractivity contribution in [2.45, 2.75) is 70.5 Å². The molecule has 0 saturated carbocycles. The third-order valence-electron chi connectivity index (χ3n) is 13.1. The number of hydrogen-bond acceptors (Lipinski definition) is 7. The second-order valence-electron chi connectivity index (χ2n) is 16.6. The van der Waals surface area contributed by atoms with Crippen LogP contribution in [0.15, 0.2) is 67.0 Å². The second-order valence-corrected chi connectivity index (χ2v) is 17.0. The summed E-state index contributed by atoms with van der Waals surface area (Å²) in [6.45, 7) is 14.6. The molecule has 4 aromatic rings. The topological polar surface area (TPSA) is 120 Å². The molecular weight excluding hydrogens is 742 g/mol. The van der Waals surface area contributed by atoms with Crippen LogP contribution in [0.1, 0.15) is 82.9 Å². The smallest absolute Gasteiger partial charge is 0.262 e. The summed E-state index contributed by atoms with van der Waals surface area (Å²) in [5, 5.41) is 4.42. The summed E-state index contributed by atoms with van der Waals surface area (Å²) in [6.07, 6.45) is 9.26. The maximum Gasteiger partial charge on any atom is 0.262 e. The van der Waals surface area contributed by atoms with Gasteiger partial charge in [0.1, 0.15) is 6.04 Å². The van der Waals surface area contributed by atoms with Gasteiger partial charge in [-0.25, -0.2) is 4.85 Å². The SMILES string of the molecule is [C-]#[N+]c1ccc(N2CC3(CCN(c4ccc(C(=O)N5CCC(Cn6cc7cc8c(cc7c6)C(=O)N(C6CCC(=O)NC6=O)C8=O)CC5)cc4)CC3)C[C@@H]2C)cc1Cl. The molecule has 0 aliphatic carbocycles. The zero-order chi connectivity index (χ0) is 39.6. The van der Waals surface area contributed by atoms with Gasteiger partial charge < -0.3 is 19.3 Å². The highest BCUT2D eigenvalue weighted by Gasteiger charge is 2.46. The van der Waals surface area contributed by atoms with Crippen molar-refractivity contribution in [2.24, 2.45) is 11.3 Å². The minimum Gasteiger partial charge on any atom is -0.371 e. The number of aromatic nitrogens is 1. The van der Waals surface area contributed by atoms with Crippen molar-refractivity contribution in [1.29, 1.82) is 0 Å². The van der Waals surface area contributed by atoms with Crippen LogP contribution in [0.25, 0.3) is 15.6 Å². The van der Waals surface area contributed by atoms with Crippen molar-refractivity contribution >= 4 is 69.0 Å². The molecule has 13 heteroatoms. The van der Waals surface area contributed by atoms with Gasteiger partial charge in [0.25, 0.3) is 17.7 Å². The molecule has 0 radical (unpaired) electrons. The van der Waals surface area contributed by atoms with Gasteiger partial charge in [0.2, 0.25) is 17.5 Å². The number of anilines is 2. The first-order valence-electron chi connectivity index (χ1n) is 19.9. The van der Waals surface area contributed by atoms with E-state index in [1.807, 2.05) is 47.6 Å². The highest BCUT2D eigenvalue weighted by atomic mass is 35.5. The predicted octanol–water partition coefficient (Wildman–Crippen LogP) is 6.68. The average molecular weight is 786 g/mol. The summed E-state index contributed by atoms with van der Waals surface area (Å²) in [5.41, 5.74) is 4.24. The number of nitrogens with one attached hydrogen (secondary N) is 1. The van der Waals surface area contributed by atoms with Crippen molar-refractivity contribution in [2.75, 3.05) is 42.5 Å². The number of piperidine rings is 3. The molecule has 1 spiro atoms. The minimum atomic E-state index is -0.987. The molecule has 5 aliphatic rings. The lowest BCUT2D eigenvalue weighted by atomic mass is 9.76. The molecule has 3 aromatic carbocycles. The third-order valence-corrected chi connectivity index (χ3v) is 13.4. The number of carbonyl (C=O) groups is 5. The lowest BCUT2D eigenvalue weighted by molar-refractivity contribution is -0.136. The highest BCUT2D eigenvalue weighted by molar-refractivity contribution is 6.33.